The Labute approximate surface area is 124 Å². The van der Waals surface area contributed by atoms with Gasteiger partial charge in [-0.15, -0.1) is 0 Å². The summed E-state index contributed by atoms with van der Waals surface area (Å²) >= 11 is 3.59. The van der Waals surface area contributed by atoms with Crippen molar-refractivity contribution < 1.29 is 4.74 Å². The van der Waals surface area contributed by atoms with E-state index in [1.54, 1.807) is 0 Å². The highest BCUT2D eigenvalue weighted by molar-refractivity contribution is 9.10. The molecule has 106 valence electrons. The van der Waals surface area contributed by atoms with E-state index in [0.717, 1.165) is 24.2 Å². The lowest BCUT2D eigenvalue weighted by Crippen LogP contribution is -2.53. The van der Waals surface area contributed by atoms with E-state index in [2.05, 4.69) is 65.1 Å². The monoisotopic (exact) mass is 326 g/mol. The van der Waals surface area contributed by atoms with Crippen LogP contribution in [-0.4, -0.2) is 32.3 Å². The van der Waals surface area contributed by atoms with E-state index in [1.165, 1.54) is 11.3 Å². The molecule has 0 spiro atoms. The van der Waals surface area contributed by atoms with Gasteiger partial charge in [-0.25, -0.2) is 0 Å². The van der Waals surface area contributed by atoms with Crippen LogP contribution in [0.25, 0.3) is 0 Å². The van der Waals surface area contributed by atoms with Crippen molar-refractivity contribution in [1.29, 1.82) is 0 Å². The number of nitrogens with one attached hydrogen (secondary N) is 1. The minimum atomic E-state index is 0.0290. The summed E-state index contributed by atoms with van der Waals surface area (Å²) in [6.07, 6.45) is 0. The van der Waals surface area contributed by atoms with E-state index >= 15 is 0 Å². The molecule has 19 heavy (non-hydrogen) atoms. The van der Waals surface area contributed by atoms with Gasteiger partial charge in [0.2, 0.25) is 0 Å². The molecular weight excluding hydrogens is 304 g/mol. The van der Waals surface area contributed by atoms with Crippen molar-refractivity contribution in [2.75, 3.05) is 31.7 Å². The van der Waals surface area contributed by atoms with Crippen LogP contribution in [0.2, 0.25) is 0 Å². The van der Waals surface area contributed by atoms with Crippen LogP contribution >= 0.6 is 15.9 Å². The highest BCUT2D eigenvalue weighted by Crippen LogP contribution is 2.34. The topological polar surface area (TPSA) is 24.5 Å². The second-order valence-corrected chi connectivity index (χ2v) is 6.65. The number of hydrogen-bond acceptors (Lipinski definition) is 3. The predicted octanol–water partition coefficient (Wildman–Crippen LogP) is 3.34. The summed E-state index contributed by atoms with van der Waals surface area (Å²) in [7, 11) is 2.00. The van der Waals surface area contributed by atoms with Crippen LogP contribution in [0.3, 0.4) is 0 Å². The Kier molecular flexibility index (Phi) is 4.54. The average Bonchev–Trinajstić information content (AvgIpc) is 2.37. The van der Waals surface area contributed by atoms with Gasteiger partial charge in [-0.3, -0.25) is 0 Å². The molecule has 1 aromatic rings. The lowest BCUT2D eigenvalue weighted by Gasteiger charge is -2.45. The number of anilines is 1. The van der Waals surface area contributed by atoms with Gasteiger partial charge in [0, 0.05) is 22.7 Å². The normalized spacial score (nSPS) is 20.4. The fourth-order valence-electron chi connectivity index (χ4n) is 2.58. The second-order valence-electron chi connectivity index (χ2n) is 5.73. The van der Waals surface area contributed by atoms with Crippen LogP contribution in [0.5, 0.6) is 0 Å². The largest absolute Gasteiger partial charge is 0.377 e. The Morgan fingerprint density at radius 1 is 1.42 bits per heavy atom. The molecule has 2 rings (SSSR count). The highest BCUT2D eigenvalue weighted by atomic mass is 79.9. The fourth-order valence-corrected chi connectivity index (χ4v) is 2.93. The molecule has 0 amide bonds. The summed E-state index contributed by atoms with van der Waals surface area (Å²) in [5.41, 5.74) is 2.66. The molecule has 1 saturated heterocycles. The van der Waals surface area contributed by atoms with E-state index in [-0.39, 0.29) is 5.54 Å². The molecule has 0 bridgehead atoms. The minimum Gasteiger partial charge on any atom is -0.377 e. The molecule has 0 aliphatic carbocycles. The molecule has 1 aliphatic heterocycles. The minimum absolute atomic E-state index is 0.0290. The molecule has 0 saturated carbocycles. The molecule has 1 fully saturated rings. The zero-order valence-electron chi connectivity index (χ0n) is 12.2. The first-order valence-corrected chi connectivity index (χ1v) is 7.57. The third-order valence-electron chi connectivity index (χ3n) is 3.83. The van der Waals surface area contributed by atoms with Crippen molar-refractivity contribution >= 4 is 21.6 Å². The molecule has 1 heterocycles. The van der Waals surface area contributed by atoms with E-state index in [9.17, 15) is 0 Å². The third kappa shape index (κ3) is 3.12. The van der Waals surface area contributed by atoms with Crippen molar-refractivity contribution in [3.05, 3.63) is 28.2 Å². The van der Waals surface area contributed by atoms with Crippen LogP contribution in [0.15, 0.2) is 22.7 Å². The molecule has 4 heteroatoms. The second kappa shape index (κ2) is 5.81. The Balaban J connectivity index is 2.44. The molecule has 3 nitrogen and oxygen atoms in total. The zero-order valence-corrected chi connectivity index (χ0v) is 13.8. The smallest absolute Gasteiger partial charge is 0.0694 e. The maximum Gasteiger partial charge on any atom is 0.0694 e. The maximum absolute atomic E-state index is 5.62. The van der Waals surface area contributed by atoms with Gasteiger partial charge in [-0.05, 0) is 45.5 Å². The number of rotatable bonds is 3. The number of hydrogen-bond donors (Lipinski definition) is 1. The summed E-state index contributed by atoms with van der Waals surface area (Å²) < 4.78 is 6.75. The standard InChI is InChI=1S/C15H23BrN2O/c1-11(17-4)13-6-5-12(16)9-14(13)18-7-8-19-10-15(18,2)3/h5-6,9,11,17H,7-8,10H2,1-4H3. The lowest BCUT2D eigenvalue weighted by atomic mass is 9.97. The van der Waals surface area contributed by atoms with Gasteiger partial charge in [-0.2, -0.15) is 0 Å². The van der Waals surface area contributed by atoms with Gasteiger partial charge in [0.25, 0.3) is 0 Å². The zero-order chi connectivity index (χ0) is 14.0. The van der Waals surface area contributed by atoms with E-state index < -0.39 is 0 Å². The van der Waals surface area contributed by atoms with Crippen LogP contribution in [0, 0.1) is 0 Å². The van der Waals surface area contributed by atoms with Crippen molar-refractivity contribution in [2.45, 2.75) is 32.4 Å². The van der Waals surface area contributed by atoms with Crippen LogP contribution in [0.4, 0.5) is 5.69 Å². The number of nitrogens with zero attached hydrogens (tertiary/aromatic N) is 1. The van der Waals surface area contributed by atoms with E-state index in [0.29, 0.717) is 6.04 Å². The Morgan fingerprint density at radius 3 is 2.79 bits per heavy atom. The van der Waals surface area contributed by atoms with Crippen molar-refractivity contribution in [1.82, 2.24) is 5.32 Å². The molecule has 1 unspecified atom stereocenters. The number of halogens is 1. The molecule has 0 radical (unpaired) electrons. The Bertz CT molecular complexity index is 448. The van der Waals surface area contributed by atoms with Gasteiger partial charge in [0.05, 0.1) is 18.8 Å². The molecule has 1 N–H and O–H groups in total. The quantitative estimate of drug-likeness (QED) is 0.921. The summed E-state index contributed by atoms with van der Waals surface area (Å²) in [6.45, 7) is 9.17. The SMILES string of the molecule is CNC(C)c1ccc(Br)cc1N1CCOCC1(C)C. The number of benzene rings is 1. The van der Waals surface area contributed by atoms with Gasteiger partial charge >= 0.3 is 0 Å². The molecule has 0 aromatic heterocycles. The lowest BCUT2D eigenvalue weighted by molar-refractivity contribution is 0.0642. The molecular formula is C15H23BrN2O. The van der Waals surface area contributed by atoms with Gasteiger partial charge < -0.3 is 15.0 Å². The molecule has 1 aromatic carbocycles. The Morgan fingerprint density at radius 2 is 2.16 bits per heavy atom. The first kappa shape index (κ1) is 14.8. The summed E-state index contributed by atoms with van der Waals surface area (Å²) in [4.78, 5) is 2.46. The van der Waals surface area contributed by atoms with E-state index in [1.807, 2.05) is 7.05 Å². The Hall–Kier alpha value is -0.580. The van der Waals surface area contributed by atoms with Gasteiger partial charge in [0.15, 0.2) is 0 Å². The number of morpholine rings is 1. The first-order valence-electron chi connectivity index (χ1n) is 6.78. The highest BCUT2D eigenvalue weighted by Gasteiger charge is 2.32. The van der Waals surface area contributed by atoms with Crippen LogP contribution < -0.4 is 10.2 Å². The summed E-state index contributed by atoms with van der Waals surface area (Å²) in [6, 6.07) is 6.87. The van der Waals surface area contributed by atoms with Crippen molar-refractivity contribution in [2.24, 2.45) is 0 Å². The number of ether oxygens (including phenoxy) is 1. The van der Waals surface area contributed by atoms with E-state index in [4.69, 9.17) is 4.74 Å². The average molecular weight is 327 g/mol. The van der Waals surface area contributed by atoms with Crippen LogP contribution in [0.1, 0.15) is 32.4 Å². The predicted molar refractivity (Wildman–Crippen MR) is 83.9 cm³/mol. The van der Waals surface area contributed by atoms with Gasteiger partial charge in [0.1, 0.15) is 0 Å². The van der Waals surface area contributed by atoms with Crippen LogP contribution in [-0.2, 0) is 4.74 Å². The van der Waals surface area contributed by atoms with Crippen molar-refractivity contribution in [3.8, 4) is 0 Å². The third-order valence-corrected chi connectivity index (χ3v) is 4.32. The first-order chi connectivity index (χ1) is 8.95. The summed E-state index contributed by atoms with van der Waals surface area (Å²) in [5.74, 6) is 0. The van der Waals surface area contributed by atoms with Gasteiger partial charge in [-0.1, -0.05) is 22.0 Å². The fraction of sp³-hybridized carbons (Fsp3) is 0.600. The molecule has 1 aliphatic rings. The molecule has 1 atom stereocenters. The van der Waals surface area contributed by atoms with Crippen molar-refractivity contribution in [3.63, 3.8) is 0 Å². The maximum atomic E-state index is 5.62. The summed E-state index contributed by atoms with van der Waals surface area (Å²) in [5, 5.41) is 3.33.